The minimum Gasteiger partial charge on any atom is -0.295 e. The molecule has 0 atom stereocenters. The number of hydrogen-bond acceptors (Lipinski definition) is 3. The van der Waals surface area contributed by atoms with Gasteiger partial charge in [0.2, 0.25) is 0 Å². The summed E-state index contributed by atoms with van der Waals surface area (Å²) in [4.78, 5) is 20.6. The zero-order valence-corrected chi connectivity index (χ0v) is 9.64. The summed E-state index contributed by atoms with van der Waals surface area (Å²) in [6, 6.07) is 6.11. The van der Waals surface area contributed by atoms with E-state index in [1.165, 1.54) is 25.1 Å². The van der Waals surface area contributed by atoms with E-state index in [-0.39, 0.29) is 11.5 Å². The van der Waals surface area contributed by atoms with Gasteiger partial charge in [0.25, 0.3) is 5.69 Å². The fraction of sp³-hybridized carbons (Fsp3) is 0.250. The Kier molecular flexibility index (Phi) is 6.43. The van der Waals surface area contributed by atoms with Crippen molar-refractivity contribution in [1.82, 2.24) is 0 Å². The molecule has 0 spiro atoms. The van der Waals surface area contributed by atoms with E-state index >= 15 is 0 Å². The minimum absolute atomic E-state index is 0.0238. The van der Waals surface area contributed by atoms with E-state index in [1.54, 1.807) is 18.2 Å². The second kappa shape index (κ2) is 7.34. The maximum atomic E-state index is 10.6. The Morgan fingerprint density at radius 1 is 1.38 bits per heavy atom. The molecule has 0 aliphatic carbocycles. The number of allylic oxidation sites excluding steroid dienone is 1. The van der Waals surface area contributed by atoms with E-state index in [1.807, 2.05) is 13.8 Å². The van der Waals surface area contributed by atoms with Crippen LogP contribution in [0.3, 0.4) is 0 Å². The van der Waals surface area contributed by atoms with Crippen LogP contribution >= 0.6 is 0 Å². The molecule has 0 saturated carbocycles. The van der Waals surface area contributed by atoms with Gasteiger partial charge >= 0.3 is 0 Å². The van der Waals surface area contributed by atoms with E-state index in [0.29, 0.717) is 5.56 Å². The number of carbonyl (C=O) groups excluding carboxylic acids is 1. The molecule has 0 fully saturated rings. The number of ketones is 1. The molecule has 4 heteroatoms. The number of nitro groups is 1. The molecule has 0 saturated heterocycles. The summed E-state index contributed by atoms with van der Waals surface area (Å²) in [6.07, 6.45) is 2.92. The Morgan fingerprint density at radius 2 is 2.00 bits per heavy atom. The summed E-state index contributed by atoms with van der Waals surface area (Å²) in [5, 5.41) is 10.4. The molecule has 0 bridgehead atoms. The van der Waals surface area contributed by atoms with Crippen molar-refractivity contribution in [2.45, 2.75) is 20.8 Å². The van der Waals surface area contributed by atoms with Crippen molar-refractivity contribution in [3.8, 4) is 0 Å². The van der Waals surface area contributed by atoms with Crippen LogP contribution in [0.1, 0.15) is 26.3 Å². The molecule has 1 rings (SSSR count). The highest BCUT2D eigenvalue weighted by Crippen LogP contribution is 2.13. The summed E-state index contributed by atoms with van der Waals surface area (Å²) in [5.41, 5.74) is 0.671. The molecule has 0 heterocycles. The van der Waals surface area contributed by atoms with Crippen molar-refractivity contribution in [1.29, 1.82) is 0 Å². The van der Waals surface area contributed by atoms with Crippen LogP contribution in [-0.2, 0) is 4.79 Å². The van der Waals surface area contributed by atoms with Crippen LogP contribution in [0.2, 0.25) is 0 Å². The van der Waals surface area contributed by atoms with Crippen molar-refractivity contribution in [2.24, 2.45) is 0 Å². The predicted molar refractivity (Wildman–Crippen MR) is 64.2 cm³/mol. The largest absolute Gasteiger partial charge is 0.295 e. The zero-order valence-electron chi connectivity index (χ0n) is 9.64. The Hall–Kier alpha value is -1.97. The molecule has 0 aliphatic heterocycles. The van der Waals surface area contributed by atoms with Crippen LogP contribution in [-0.4, -0.2) is 10.7 Å². The molecule has 0 amide bonds. The Bertz CT molecular complexity index is 397. The van der Waals surface area contributed by atoms with Gasteiger partial charge in [-0.25, -0.2) is 0 Å². The lowest BCUT2D eigenvalue weighted by Crippen LogP contribution is -1.87. The Balaban J connectivity index is 0.00000106. The second-order valence-electron chi connectivity index (χ2n) is 2.80. The number of carbonyl (C=O) groups is 1. The summed E-state index contributed by atoms with van der Waals surface area (Å²) in [6.45, 7) is 5.42. The molecular formula is C12H15NO3. The lowest BCUT2D eigenvalue weighted by Gasteiger charge is -1.93. The molecule has 86 valence electrons. The summed E-state index contributed by atoms with van der Waals surface area (Å²) >= 11 is 0. The van der Waals surface area contributed by atoms with Gasteiger partial charge in [-0.2, -0.15) is 0 Å². The van der Waals surface area contributed by atoms with E-state index in [4.69, 9.17) is 0 Å². The third-order valence-corrected chi connectivity index (χ3v) is 1.59. The maximum absolute atomic E-state index is 10.6. The van der Waals surface area contributed by atoms with Crippen LogP contribution in [0.15, 0.2) is 30.3 Å². The predicted octanol–water partition coefficient (Wildman–Crippen LogP) is 3.22. The standard InChI is InChI=1S/C10H9NO3.C2H6/c1-8(12)5-6-9-3-2-4-10(7-9)11(13)14;1-2/h2-7H,1H3;1-2H3/b6-5+;. The molecule has 1 aromatic carbocycles. The topological polar surface area (TPSA) is 60.2 Å². The quantitative estimate of drug-likeness (QED) is 0.447. The average Bonchev–Trinajstić information content (AvgIpc) is 2.29. The molecule has 0 aromatic heterocycles. The molecule has 0 N–H and O–H groups in total. The number of nitrogens with zero attached hydrogens (tertiary/aromatic N) is 1. The van der Waals surface area contributed by atoms with Crippen LogP contribution in [0.4, 0.5) is 5.69 Å². The molecule has 0 aliphatic rings. The minimum atomic E-state index is -0.467. The van der Waals surface area contributed by atoms with E-state index in [2.05, 4.69) is 0 Å². The van der Waals surface area contributed by atoms with Crippen LogP contribution in [0, 0.1) is 10.1 Å². The highest BCUT2D eigenvalue weighted by atomic mass is 16.6. The maximum Gasteiger partial charge on any atom is 0.270 e. The van der Waals surface area contributed by atoms with Crippen LogP contribution in [0.25, 0.3) is 6.08 Å². The number of rotatable bonds is 3. The lowest BCUT2D eigenvalue weighted by atomic mass is 10.2. The summed E-state index contributed by atoms with van der Waals surface area (Å²) in [5.74, 6) is -0.0866. The van der Waals surface area contributed by atoms with Gasteiger partial charge in [-0.05, 0) is 18.6 Å². The average molecular weight is 221 g/mol. The van der Waals surface area contributed by atoms with Crippen LogP contribution < -0.4 is 0 Å². The summed E-state index contributed by atoms with van der Waals surface area (Å²) < 4.78 is 0. The van der Waals surface area contributed by atoms with Gasteiger partial charge in [-0.15, -0.1) is 0 Å². The SMILES string of the molecule is CC.CC(=O)/C=C/c1cccc([N+](=O)[O-])c1. The van der Waals surface area contributed by atoms with Crippen molar-refractivity contribution < 1.29 is 9.72 Å². The normalized spacial score (nSPS) is 9.44. The van der Waals surface area contributed by atoms with Gasteiger partial charge in [0.15, 0.2) is 5.78 Å². The Morgan fingerprint density at radius 3 is 2.50 bits per heavy atom. The van der Waals surface area contributed by atoms with Gasteiger partial charge in [0.05, 0.1) is 4.92 Å². The van der Waals surface area contributed by atoms with E-state index < -0.39 is 4.92 Å². The van der Waals surface area contributed by atoms with Crippen molar-refractivity contribution in [2.75, 3.05) is 0 Å². The molecule has 4 nitrogen and oxygen atoms in total. The fourth-order valence-corrected chi connectivity index (χ4v) is 0.956. The smallest absolute Gasteiger partial charge is 0.270 e. The molecule has 0 radical (unpaired) electrons. The third kappa shape index (κ3) is 5.05. The highest BCUT2D eigenvalue weighted by molar-refractivity contribution is 5.91. The number of hydrogen-bond donors (Lipinski definition) is 0. The number of non-ortho nitro benzene ring substituents is 1. The highest BCUT2D eigenvalue weighted by Gasteiger charge is 2.03. The number of benzene rings is 1. The summed E-state index contributed by atoms with van der Waals surface area (Å²) in [7, 11) is 0. The third-order valence-electron chi connectivity index (χ3n) is 1.59. The second-order valence-corrected chi connectivity index (χ2v) is 2.80. The Labute approximate surface area is 94.8 Å². The van der Waals surface area contributed by atoms with Crippen molar-refractivity contribution in [3.05, 3.63) is 46.0 Å². The first kappa shape index (κ1) is 14.0. The zero-order chi connectivity index (χ0) is 12.6. The van der Waals surface area contributed by atoms with Crippen LogP contribution in [0.5, 0.6) is 0 Å². The van der Waals surface area contributed by atoms with Crippen molar-refractivity contribution in [3.63, 3.8) is 0 Å². The molecule has 1 aromatic rings. The first-order chi connectivity index (χ1) is 7.59. The van der Waals surface area contributed by atoms with Gasteiger partial charge < -0.3 is 0 Å². The van der Waals surface area contributed by atoms with E-state index in [0.717, 1.165) is 0 Å². The first-order valence-electron chi connectivity index (χ1n) is 5.02. The van der Waals surface area contributed by atoms with Gasteiger partial charge in [0.1, 0.15) is 0 Å². The van der Waals surface area contributed by atoms with E-state index in [9.17, 15) is 14.9 Å². The first-order valence-corrected chi connectivity index (χ1v) is 5.02. The lowest BCUT2D eigenvalue weighted by molar-refractivity contribution is -0.384. The van der Waals surface area contributed by atoms with Crippen molar-refractivity contribution >= 4 is 17.5 Å². The van der Waals surface area contributed by atoms with Gasteiger partial charge in [-0.1, -0.05) is 32.1 Å². The van der Waals surface area contributed by atoms with Gasteiger partial charge in [0, 0.05) is 12.1 Å². The monoisotopic (exact) mass is 221 g/mol. The fourth-order valence-electron chi connectivity index (χ4n) is 0.956. The molecular weight excluding hydrogens is 206 g/mol. The van der Waals surface area contributed by atoms with Gasteiger partial charge in [-0.3, -0.25) is 14.9 Å². The number of nitro benzene ring substituents is 1. The molecule has 16 heavy (non-hydrogen) atoms. The molecule has 0 unspecified atom stereocenters.